The largest absolute Gasteiger partial charge is 0.549 e. The maximum absolute atomic E-state index is 10.6. The van der Waals surface area contributed by atoms with Gasteiger partial charge >= 0.3 is 0 Å². The van der Waals surface area contributed by atoms with E-state index in [-0.39, 0.29) is 0 Å². The number of aliphatic carboxylic acids is 1. The molecule has 1 aromatic rings. The Kier molecular flexibility index (Phi) is 2.51. The quantitative estimate of drug-likeness (QED) is 0.695. The highest BCUT2D eigenvalue weighted by molar-refractivity contribution is 8.06. The van der Waals surface area contributed by atoms with E-state index in [0.29, 0.717) is 5.75 Å². The lowest BCUT2D eigenvalue weighted by Gasteiger charge is -2.23. The van der Waals surface area contributed by atoms with E-state index >= 15 is 0 Å². The Labute approximate surface area is 84.7 Å². The van der Waals surface area contributed by atoms with E-state index in [2.05, 4.69) is 0 Å². The molecule has 0 spiro atoms. The standard InChI is InChI=1S/C9H8O2S2/c10-9(11)8-5-12-6-3-1-2-4-7(6)13-8/h1-4,8H,5H2,(H,10,11)/p-1. The Balaban J connectivity index is 2.24. The summed E-state index contributed by atoms with van der Waals surface area (Å²) in [6.45, 7) is 0. The zero-order valence-electron chi connectivity index (χ0n) is 6.73. The SMILES string of the molecule is O=C([O-])C1CSc2ccccc2S1. The first-order chi connectivity index (χ1) is 6.27. The van der Waals surface area contributed by atoms with Crippen LogP contribution in [0, 0.1) is 0 Å². The Morgan fingerprint density at radius 3 is 2.77 bits per heavy atom. The van der Waals surface area contributed by atoms with Gasteiger partial charge in [0.25, 0.3) is 0 Å². The molecule has 1 unspecified atom stereocenters. The topological polar surface area (TPSA) is 40.1 Å². The van der Waals surface area contributed by atoms with Crippen molar-refractivity contribution in [1.82, 2.24) is 0 Å². The van der Waals surface area contributed by atoms with Gasteiger partial charge in [-0.3, -0.25) is 0 Å². The number of carboxylic acids is 1. The fourth-order valence-corrected chi connectivity index (χ4v) is 3.53. The van der Waals surface area contributed by atoms with Crippen LogP contribution >= 0.6 is 23.5 Å². The predicted molar refractivity (Wildman–Crippen MR) is 51.8 cm³/mol. The molecule has 13 heavy (non-hydrogen) atoms. The van der Waals surface area contributed by atoms with Gasteiger partial charge in [0, 0.05) is 15.5 Å². The average Bonchev–Trinajstić information content (AvgIpc) is 2.17. The van der Waals surface area contributed by atoms with Gasteiger partial charge in [0.15, 0.2) is 0 Å². The summed E-state index contributed by atoms with van der Waals surface area (Å²) in [5.41, 5.74) is 0. The van der Waals surface area contributed by atoms with Crippen LogP contribution in [0.5, 0.6) is 0 Å². The molecule has 2 rings (SSSR count). The van der Waals surface area contributed by atoms with Crippen molar-refractivity contribution in [2.24, 2.45) is 0 Å². The molecule has 0 saturated heterocycles. The van der Waals surface area contributed by atoms with Crippen molar-refractivity contribution in [1.29, 1.82) is 0 Å². The van der Waals surface area contributed by atoms with Crippen LogP contribution in [-0.2, 0) is 4.79 Å². The fraction of sp³-hybridized carbons (Fsp3) is 0.222. The third-order valence-electron chi connectivity index (χ3n) is 1.77. The highest BCUT2D eigenvalue weighted by Gasteiger charge is 2.19. The van der Waals surface area contributed by atoms with E-state index < -0.39 is 11.2 Å². The smallest absolute Gasteiger partial charge is 0.0584 e. The van der Waals surface area contributed by atoms with Gasteiger partial charge in [-0.1, -0.05) is 12.1 Å². The third kappa shape index (κ3) is 1.84. The molecule has 0 fully saturated rings. The molecular weight excluding hydrogens is 204 g/mol. The lowest BCUT2D eigenvalue weighted by molar-refractivity contribution is -0.304. The first-order valence-electron chi connectivity index (χ1n) is 3.87. The molecule has 68 valence electrons. The van der Waals surface area contributed by atoms with E-state index in [4.69, 9.17) is 0 Å². The van der Waals surface area contributed by atoms with Crippen molar-refractivity contribution in [3.05, 3.63) is 24.3 Å². The number of hydrogen-bond donors (Lipinski definition) is 0. The van der Waals surface area contributed by atoms with Gasteiger partial charge in [0.1, 0.15) is 0 Å². The minimum Gasteiger partial charge on any atom is -0.549 e. The number of carbonyl (C=O) groups is 1. The normalized spacial score (nSPS) is 20.8. The lowest BCUT2D eigenvalue weighted by atomic mass is 10.4. The molecule has 1 aliphatic rings. The first-order valence-corrected chi connectivity index (χ1v) is 5.73. The number of fused-ring (bicyclic) bond motifs is 1. The number of thioether (sulfide) groups is 2. The minimum absolute atomic E-state index is 0.403. The van der Waals surface area contributed by atoms with Gasteiger partial charge in [-0.15, -0.1) is 23.5 Å². The van der Waals surface area contributed by atoms with Crippen LogP contribution < -0.4 is 5.11 Å². The van der Waals surface area contributed by atoms with Crippen molar-refractivity contribution in [2.45, 2.75) is 15.0 Å². The number of rotatable bonds is 1. The number of carbonyl (C=O) groups excluding carboxylic acids is 1. The van der Waals surface area contributed by atoms with Crippen LogP contribution in [0.4, 0.5) is 0 Å². The second kappa shape index (κ2) is 3.64. The molecule has 2 nitrogen and oxygen atoms in total. The maximum atomic E-state index is 10.6. The van der Waals surface area contributed by atoms with Gasteiger partial charge in [-0.05, 0) is 12.1 Å². The Hall–Kier alpha value is -0.610. The molecule has 0 amide bonds. The second-order valence-corrected chi connectivity index (χ2v) is 4.99. The van der Waals surface area contributed by atoms with Crippen LogP contribution in [0.3, 0.4) is 0 Å². The Morgan fingerprint density at radius 2 is 2.08 bits per heavy atom. The zero-order valence-corrected chi connectivity index (χ0v) is 8.36. The minimum atomic E-state index is -0.966. The number of hydrogen-bond acceptors (Lipinski definition) is 4. The molecule has 0 aliphatic carbocycles. The lowest BCUT2D eigenvalue weighted by Crippen LogP contribution is -2.35. The fourth-order valence-electron chi connectivity index (χ4n) is 1.14. The van der Waals surface area contributed by atoms with Crippen molar-refractivity contribution in [2.75, 3.05) is 5.75 Å². The monoisotopic (exact) mass is 211 g/mol. The van der Waals surface area contributed by atoms with E-state index in [0.717, 1.165) is 4.90 Å². The molecule has 0 aromatic heterocycles. The summed E-state index contributed by atoms with van der Waals surface area (Å²) in [4.78, 5) is 12.8. The second-order valence-electron chi connectivity index (χ2n) is 2.68. The molecule has 1 atom stereocenters. The molecule has 0 bridgehead atoms. The zero-order chi connectivity index (χ0) is 9.26. The van der Waals surface area contributed by atoms with Crippen LogP contribution in [-0.4, -0.2) is 17.0 Å². The molecule has 0 N–H and O–H groups in total. The molecular formula is C9H7O2S2-. The summed E-state index contributed by atoms with van der Waals surface area (Å²) in [6.07, 6.45) is 0. The summed E-state index contributed by atoms with van der Waals surface area (Å²) in [5.74, 6) is -0.365. The van der Waals surface area contributed by atoms with Gasteiger partial charge in [0.2, 0.25) is 0 Å². The predicted octanol–water partition coefficient (Wildman–Crippen LogP) is 1.00. The summed E-state index contributed by atoms with van der Waals surface area (Å²) < 4.78 is 0. The van der Waals surface area contributed by atoms with Crippen molar-refractivity contribution in [3.8, 4) is 0 Å². The van der Waals surface area contributed by atoms with E-state index in [1.807, 2.05) is 24.3 Å². The summed E-state index contributed by atoms with van der Waals surface area (Å²) in [6, 6.07) is 7.84. The van der Waals surface area contributed by atoms with Crippen LogP contribution in [0.1, 0.15) is 0 Å². The Morgan fingerprint density at radius 1 is 1.38 bits per heavy atom. The van der Waals surface area contributed by atoms with Crippen LogP contribution in [0.2, 0.25) is 0 Å². The average molecular weight is 211 g/mol. The molecule has 0 saturated carbocycles. The molecule has 1 aliphatic heterocycles. The van der Waals surface area contributed by atoms with Gasteiger partial charge in [-0.2, -0.15) is 0 Å². The van der Waals surface area contributed by atoms with E-state index in [1.54, 1.807) is 11.8 Å². The molecule has 1 aromatic carbocycles. The summed E-state index contributed by atoms with van der Waals surface area (Å²) in [7, 11) is 0. The molecule has 1 heterocycles. The van der Waals surface area contributed by atoms with Crippen LogP contribution in [0.25, 0.3) is 0 Å². The van der Waals surface area contributed by atoms with Crippen molar-refractivity contribution in [3.63, 3.8) is 0 Å². The third-order valence-corrected chi connectivity index (χ3v) is 4.53. The maximum Gasteiger partial charge on any atom is 0.0584 e. The summed E-state index contributed by atoms with van der Waals surface area (Å²) >= 11 is 2.97. The van der Waals surface area contributed by atoms with Crippen molar-refractivity contribution >= 4 is 29.5 Å². The Bertz CT molecular complexity index is 338. The first kappa shape index (κ1) is 8.97. The van der Waals surface area contributed by atoms with Gasteiger partial charge < -0.3 is 9.90 Å². The highest BCUT2D eigenvalue weighted by atomic mass is 32.2. The van der Waals surface area contributed by atoms with Gasteiger partial charge in [-0.25, -0.2) is 0 Å². The van der Waals surface area contributed by atoms with E-state index in [1.165, 1.54) is 16.7 Å². The summed E-state index contributed by atoms with van der Waals surface area (Å²) in [5, 5.41) is 10.2. The van der Waals surface area contributed by atoms with Crippen molar-refractivity contribution < 1.29 is 9.90 Å². The molecule has 4 heteroatoms. The van der Waals surface area contributed by atoms with E-state index in [9.17, 15) is 9.90 Å². The number of benzene rings is 1. The number of carboxylic acid groups (broad SMARTS) is 1. The highest BCUT2D eigenvalue weighted by Crippen LogP contribution is 2.39. The van der Waals surface area contributed by atoms with Gasteiger partial charge in [0.05, 0.1) is 11.2 Å². The molecule has 0 radical (unpaired) electrons. The van der Waals surface area contributed by atoms with Crippen LogP contribution in [0.15, 0.2) is 34.1 Å².